The maximum absolute atomic E-state index is 12.5. The van der Waals surface area contributed by atoms with Crippen LogP contribution in [0.25, 0.3) is 77.2 Å². The fourth-order valence-electron chi connectivity index (χ4n) is 8.59. The van der Waals surface area contributed by atoms with Gasteiger partial charge in [-0.2, -0.15) is 0 Å². The molecule has 2 N–H and O–H groups in total. The van der Waals surface area contributed by atoms with Gasteiger partial charge >= 0.3 is 0 Å². The van der Waals surface area contributed by atoms with Gasteiger partial charge in [-0.15, -0.1) is 0 Å². The molecule has 6 heteroatoms. The van der Waals surface area contributed by atoms with Gasteiger partial charge in [-0.1, -0.05) is 72.8 Å². The predicted octanol–water partition coefficient (Wildman–Crippen LogP) is 12.7. The smallest absolute Gasteiger partial charge is 0.147 e. The van der Waals surface area contributed by atoms with Crippen molar-refractivity contribution in [1.82, 2.24) is 9.13 Å². The highest BCUT2D eigenvalue weighted by molar-refractivity contribution is 6.11. The number of aromatic nitrogens is 2. The first-order valence-corrected chi connectivity index (χ1v) is 19.8. The van der Waals surface area contributed by atoms with Crippen LogP contribution in [0.15, 0.2) is 133 Å². The molecule has 0 spiro atoms. The molecule has 284 valence electrons. The molecule has 0 unspecified atom stereocenters. The number of rotatable bonds is 11. The Bertz CT molecular complexity index is 2670. The van der Waals surface area contributed by atoms with Crippen molar-refractivity contribution in [2.24, 2.45) is 0 Å². The van der Waals surface area contributed by atoms with Crippen LogP contribution >= 0.6 is 0 Å². The first-order valence-electron chi connectivity index (χ1n) is 19.8. The maximum atomic E-state index is 12.5. The molecule has 0 aliphatic carbocycles. The number of phenolic OH excluding ortho intramolecular Hbond substituents is 2. The van der Waals surface area contributed by atoms with Gasteiger partial charge in [0.2, 0.25) is 0 Å². The second kappa shape index (κ2) is 14.9. The Morgan fingerprint density at radius 1 is 0.456 bits per heavy atom. The van der Waals surface area contributed by atoms with E-state index in [0.29, 0.717) is 48.1 Å². The molecule has 0 fully saturated rings. The van der Waals surface area contributed by atoms with E-state index in [-0.39, 0.29) is 11.5 Å². The van der Waals surface area contributed by atoms with E-state index in [1.165, 1.54) is 0 Å². The van der Waals surface area contributed by atoms with E-state index in [2.05, 4.69) is 115 Å². The minimum Gasteiger partial charge on any atom is -0.505 e. The molecule has 9 aromatic rings. The molecule has 57 heavy (non-hydrogen) atoms. The van der Waals surface area contributed by atoms with Crippen molar-refractivity contribution in [3.05, 3.63) is 150 Å². The quantitative estimate of drug-likeness (QED) is 0.129. The van der Waals surface area contributed by atoms with Crippen molar-refractivity contribution in [2.45, 2.75) is 40.5 Å². The van der Waals surface area contributed by atoms with Gasteiger partial charge in [0.15, 0.2) is 0 Å². The van der Waals surface area contributed by atoms with Crippen LogP contribution in [-0.4, -0.2) is 39.2 Å². The highest BCUT2D eigenvalue weighted by Crippen LogP contribution is 2.49. The largest absolute Gasteiger partial charge is 0.505 e. The summed E-state index contributed by atoms with van der Waals surface area (Å²) < 4.78 is 16.8. The van der Waals surface area contributed by atoms with E-state index >= 15 is 0 Å². The number of hydrogen-bond donors (Lipinski definition) is 2. The van der Waals surface area contributed by atoms with Crippen molar-refractivity contribution >= 4 is 43.6 Å². The Hall–Kier alpha value is -6.50. The lowest BCUT2D eigenvalue weighted by atomic mass is 9.91. The van der Waals surface area contributed by atoms with E-state index in [1.807, 2.05) is 55.5 Å². The van der Waals surface area contributed by atoms with Crippen LogP contribution < -0.4 is 4.74 Å². The lowest BCUT2D eigenvalue weighted by molar-refractivity contribution is 0.139. The number of nitrogens with zero attached hydrogens (tertiary/aromatic N) is 2. The predicted molar refractivity (Wildman–Crippen MR) is 235 cm³/mol. The van der Waals surface area contributed by atoms with Crippen LogP contribution in [0.1, 0.15) is 36.5 Å². The normalized spacial score (nSPS) is 11.7. The Balaban J connectivity index is 1.27. The van der Waals surface area contributed by atoms with Crippen LogP contribution in [0.3, 0.4) is 0 Å². The maximum Gasteiger partial charge on any atom is 0.147 e. The average Bonchev–Trinajstić information content (AvgIpc) is 3.74. The Labute approximate surface area is 332 Å². The van der Waals surface area contributed by atoms with Crippen molar-refractivity contribution in [3.8, 4) is 50.9 Å². The molecule has 2 heterocycles. The fourth-order valence-corrected chi connectivity index (χ4v) is 8.59. The van der Waals surface area contributed by atoms with E-state index < -0.39 is 0 Å². The third-order valence-corrected chi connectivity index (χ3v) is 11.1. The molecule has 0 atom stereocenters. The highest BCUT2D eigenvalue weighted by Gasteiger charge is 2.25. The molecule has 0 radical (unpaired) electrons. The second-order valence-electron chi connectivity index (χ2n) is 15.0. The summed E-state index contributed by atoms with van der Waals surface area (Å²) in [7, 11) is 0. The lowest BCUT2D eigenvalue weighted by Gasteiger charge is -2.22. The van der Waals surface area contributed by atoms with Crippen molar-refractivity contribution < 1.29 is 19.7 Å². The number of hydrogen-bond acceptors (Lipinski definition) is 4. The van der Waals surface area contributed by atoms with Crippen molar-refractivity contribution in [3.63, 3.8) is 0 Å². The molecule has 0 bridgehead atoms. The average molecular weight is 751 g/mol. The number of para-hydroxylation sites is 4. The Kier molecular flexibility index (Phi) is 9.43. The summed E-state index contributed by atoms with van der Waals surface area (Å²) in [6.45, 7) is 9.97. The zero-order valence-electron chi connectivity index (χ0n) is 32.8. The van der Waals surface area contributed by atoms with Crippen LogP contribution in [0.5, 0.6) is 17.2 Å². The second-order valence-corrected chi connectivity index (χ2v) is 15.0. The molecule has 0 aliphatic rings. The van der Waals surface area contributed by atoms with E-state index in [4.69, 9.17) is 9.47 Å². The number of benzene rings is 7. The minimum absolute atomic E-state index is 0.157. The summed E-state index contributed by atoms with van der Waals surface area (Å²) in [6.07, 6.45) is 1.64. The summed E-state index contributed by atoms with van der Waals surface area (Å²) in [4.78, 5) is 0. The summed E-state index contributed by atoms with van der Waals surface area (Å²) in [5.41, 5.74) is 11.3. The number of aryl methyl sites for hydroxylation is 3. The monoisotopic (exact) mass is 750 g/mol. The van der Waals surface area contributed by atoms with Crippen molar-refractivity contribution in [1.29, 1.82) is 0 Å². The summed E-state index contributed by atoms with van der Waals surface area (Å²) in [5.74, 6) is 0.925. The molecule has 0 saturated heterocycles. The molecule has 0 amide bonds. The minimum atomic E-state index is 0.157. The number of aromatic hydroxyl groups is 2. The van der Waals surface area contributed by atoms with Gasteiger partial charge in [-0.05, 0) is 118 Å². The van der Waals surface area contributed by atoms with Gasteiger partial charge in [0.1, 0.15) is 17.2 Å². The Morgan fingerprint density at radius 3 is 1.21 bits per heavy atom. The molecule has 2 aromatic heterocycles. The van der Waals surface area contributed by atoms with Crippen LogP contribution in [0.4, 0.5) is 0 Å². The number of fused-ring (bicyclic) bond motifs is 6. The zero-order chi connectivity index (χ0) is 39.2. The SMILES string of the molecule is CCOCCCCOc1c(-c2cc(C)cc(-n3c4ccccc4c4ccccc43)c2O)cc(C)cc1-c1cc(C)cc(-n2c3ccccc3c3ccccc32)c1O. The van der Waals surface area contributed by atoms with Gasteiger partial charge in [0.25, 0.3) is 0 Å². The molecule has 9 rings (SSSR count). The van der Waals surface area contributed by atoms with Gasteiger partial charge in [0, 0.05) is 57.0 Å². The van der Waals surface area contributed by atoms with Crippen LogP contribution in [0, 0.1) is 20.8 Å². The third-order valence-electron chi connectivity index (χ3n) is 11.1. The van der Waals surface area contributed by atoms with Gasteiger partial charge in [0.05, 0.1) is 40.0 Å². The third kappa shape index (κ3) is 6.27. The van der Waals surface area contributed by atoms with E-state index in [9.17, 15) is 10.2 Å². The lowest BCUT2D eigenvalue weighted by Crippen LogP contribution is -2.05. The van der Waals surface area contributed by atoms with Crippen molar-refractivity contribution in [2.75, 3.05) is 19.8 Å². The molecule has 6 nitrogen and oxygen atoms in total. The molecular formula is C51H46N2O4. The molecule has 0 saturated carbocycles. The number of phenols is 2. The van der Waals surface area contributed by atoms with Gasteiger partial charge in [-0.3, -0.25) is 0 Å². The standard InChI is InChI=1S/C51H46N2O4/c1-5-56-24-14-15-25-57-51-41(39-26-33(3)30-47(49(39)54)52-43-20-10-6-16-35(43)36-17-7-11-21-44(36)52)28-32(2)29-42(51)40-27-34(4)31-48(50(40)55)53-45-22-12-8-18-37(45)38-19-9-13-23-46(38)53/h6-13,16-23,26-31,54-55H,5,14-15,24-25H2,1-4H3. The van der Waals surface area contributed by atoms with Crippen LogP contribution in [0.2, 0.25) is 0 Å². The number of unbranched alkanes of at least 4 members (excludes halogenated alkanes) is 1. The molecule has 7 aromatic carbocycles. The topological polar surface area (TPSA) is 68.8 Å². The summed E-state index contributed by atoms with van der Waals surface area (Å²) in [6, 6.07) is 45.7. The van der Waals surface area contributed by atoms with Crippen LogP contribution in [-0.2, 0) is 4.74 Å². The first kappa shape index (κ1) is 36.2. The fraction of sp³-hybridized carbons (Fsp3) is 0.176. The molecule has 0 aliphatic heterocycles. The zero-order valence-corrected chi connectivity index (χ0v) is 32.8. The molecular weight excluding hydrogens is 705 g/mol. The highest BCUT2D eigenvalue weighted by atomic mass is 16.5. The number of ether oxygens (including phenoxy) is 2. The first-order chi connectivity index (χ1) is 27.8. The Morgan fingerprint density at radius 2 is 0.807 bits per heavy atom. The summed E-state index contributed by atoms with van der Waals surface area (Å²) in [5, 5.41) is 29.5. The van der Waals surface area contributed by atoms with Gasteiger partial charge < -0.3 is 28.8 Å². The van der Waals surface area contributed by atoms with Gasteiger partial charge in [-0.25, -0.2) is 0 Å². The van der Waals surface area contributed by atoms with E-state index in [0.717, 1.165) is 84.3 Å². The van der Waals surface area contributed by atoms with E-state index in [1.54, 1.807) is 0 Å². The summed E-state index contributed by atoms with van der Waals surface area (Å²) >= 11 is 0.